The van der Waals surface area contributed by atoms with Crippen molar-refractivity contribution in [2.24, 2.45) is 5.41 Å². The van der Waals surface area contributed by atoms with Crippen molar-refractivity contribution in [3.63, 3.8) is 0 Å². The summed E-state index contributed by atoms with van der Waals surface area (Å²) in [5, 5.41) is 11.3. The lowest BCUT2D eigenvalue weighted by Gasteiger charge is -2.42. The van der Waals surface area contributed by atoms with E-state index in [1.54, 1.807) is 4.90 Å². The molecule has 146 valence electrons. The largest absolute Gasteiger partial charge is 0.408 e. The van der Waals surface area contributed by atoms with Gasteiger partial charge in [-0.2, -0.15) is 0 Å². The Labute approximate surface area is 159 Å². The van der Waals surface area contributed by atoms with Gasteiger partial charge < -0.3 is 14.6 Å². The average Bonchev–Trinajstić information content (AvgIpc) is 3.08. The molecule has 0 unspecified atom stereocenters. The van der Waals surface area contributed by atoms with Crippen LogP contribution in [0.15, 0.2) is 9.64 Å². The predicted molar refractivity (Wildman–Crippen MR) is 101 cm³/mol. The van der Waals surface area contributed by atoms with Gasteiger partial charge in [-0.3, -0.25) is 9.59 Å². The third-order valence-electron chi connectivity index (χ3n) is 4.68. The van der Waals surface area contributed by atoms with Crippen molar-refractivity contribution in [1.29, 1.82) is 0 Å². The van der Waals surface area contributed by atoms with Gasteiger partial charge in [0.05, 0.1) is 0 Å². The minimum atomic E-state index is -0.612. The van der Waals surface area contributed by atoms with Crippen LogP contribution < -0.4 is 5.32 Å². The summed E-state index contributed by atoms with van der Waals surface area (Å²) in [5.41, 5.74) is -0.427. The zero-order chi connectivity index (χ0) is 19.2. The average molecular weight is 383 g/mol. The fourth-order valence-electron chi connectivity index (χ4n) is 3.44. The van der Waals surface area contributed by atoms with Gasteiger partial charge in [-0.1, -0.05) is 51.8 Å². The van der Waals surface area contributed by atoms with Crippen LogP contribution in [0.2, 0.25) is 0 Å². The molecular formula is C18H30N4O3S. The van der Waals surface area contributed by atoms with Gasteiger partial charge in [-0.05, 0) is 25.3 Å². The van der Waals surface area contributed by atoms with E-state index in [9.17, 15) is 9.59 Å². The Balaban J connectivity index is 2.20. The Morgan fingerprint density at radius 1 is 1.35 bits per heavy atom. The van der Waals surface area contributed by atoms with Crippen LogP contribution in [0.25, 0.3) is 0 Å². The molecule has 1 amide bonds. The molecule has 1 aromatic rings. The lowest BCUT2D eigenvalue weighted by molar-refractivity contribution is -0.124. The highest BCUT2D eigenvalue weighted by Gasteiger charge is 2.41. The highest BCUT2D eigenvalue weighted by molar-refractivity contribution is 7.99. The molecule has 26 heavy (non-hydrogen) atoms. The van der Waals surface area contributed by atoms with Crippen LogP contribution in [0.1, 0.15) is 63.6 Å². The smallest absolute Gasteiger partial charge is 0.286 e. The van der Waals surface area contributed by atoms with Gasteiger partial charge in [0.15, 0.2) is 0 Å². The first-order chi connectivity index (χ1) is 12.4. The van der Waals surface area contributed by atoms with Crippen molar-refractivity contribution in [1.82, 2.24) is 20.4 Å². The second-order valence-electron chi connectivity index (χ2n) is 7.80. The third-order valence-corrected chi connectivity index (χ3v) is 5.50. The van der Waals surface area contributed by atoms with Gasteiger partial charge >= 0.3 is 0 Å². The summed E-state index contributed by atoms with van der Waals surface area (Å²) in [4.78, 5) is 26.8. The van der Waals surface area contributed by atoms with Crippen molar-refractivity contribution >= 4 is 24.0 Å². The maximum absolute atomic E-state index is 13.2. The normalized spacial score (nSPS) is 17.1. The van der Waals surface area contributed by atoms with Gasteiger partial charge in [0.1, 0.15) is 6.04 Å². The van der Waals surface area contributed by atoms with Crippen molar-refractivity contribution in [3.8, 4) is 0 Å². The predicted octanol–water partition coefficient (Wildman–Crippen LogP) is 2.77. The molecule has 2 rings (SSSR count). The summed E-state index contributed by atoms with van der Waals surface area (Å²) in [7, 11) is 1.87. The van der Waals surface area contributed by atoms with Crippen LogP contribution in [0.4, 0.5) is 0 Å². The second-order valence-corrected chi connectivity index (χ2v) is 8.85. The zero-order valence-corrected chi connectivity index (χ0v) is 17.0. The fraction of sp³-hybridized carbons (Fsp3) is 0.778. The van der Waals surface area contributed by atoms with Crippen LogP contribution in [0, 0.1) is 5.41 Å². The van der Waals surface area contributed by atoms with E-state index < -0.39 is 11.5 Å². The van der Waals surface area contributed by atoms with Crippen molar-refractivity contribution in [2.45, 2.75) is 70.2 Å². The number of carbonyl (C=O) groups excluding carboxylic acids is 2. The van der Waals surface area contributed by atoms with Crippen LogP contribution in [-0.4, -0.2) is 58.7 Å². The molecule has 1 heterocycles. The van der Waals surface area contributed by atoms with Crippen LogP contribution in [-0.2, 0) is 4.79 Å². The van der Waals surface area contributed by atoms with E-state index in [-0.39, 0.29) is 17.7 Å². The zero-order valence-electron chi connectivity index (χ0n) is 16.2. The molecule has 0 saturated heterocycles. The first-order valence-corrected chi connectivity index (χ1v) is 10.2. The number of Topliss-reactive ketones (excluding diaryl/α,β-unsaturated/α-hetero) is 1. The second kappa shape index (κ2) is 9.50. The van der Waals surface area contributed by atoms with E-state index >= 15 is 0 Å². The number of amides is 1. The number of ketones is 1. The Morgan fingerprint density at radius 2 is 2.04 bits per heavy atom. The van der Waals surface area contributed by atoms with Crippen LogP contribution in [0.3, 0.4) is 0 Å². The lowest BCUT2D eigenvalue weighted by Crippen LogP contribution is -2.53. The molecule has 1 fully saturated rings. The van der Waals surface area contributed by atoms with E-state index in [1.807, 2.05) is 27.8 Å². The van der Waals surface area contributed by atoms with E-state index in [0.29, 0.717) is 5.22 Å². The summed E-state index contributed by atoms with van der Waals surface area (Å²) in [5.74, 6) is 0.486. The molecule has 0 aromatic carbocycles. The highest BCUT2D eigenvalue weighted by Crippen LogP contribution is 2.32. The molecule has 1 saturated carbocycles. The number of carbonyl (C=O) groups is 2. The number of aromatic nitrogens is 2. The monoisotopic (exact) mass is 382 g/mol. The number of nitrogens with zero attached hydrogens (tertiary/aromatic N) is 3. The van der Waals surface area contributed by atoms with Gasteiger partial charge in [0.25, 0.3) is 11.1 Å². The molecule has 8 heteroatoms. The molecule has 0 aliphatic heterocycles. The van der Waals surface area contributed by atoms with E-state index in [2.05, 4.69) is 15.5 Å². The number of hydrogen-bond acceptors (Lipinski definition) is 7. The van der Waals surface area contributed by atoms with Gasteiger partial charge in [0.2, 0.25) is 12.2 Å². The quantitative estimate of drug-likeness (QED) is 0.304. The molecule has 1 aliphatic carbocycles. The van der Waals surface area contributed by atoms with Gasteiger partial charge in [-0.25, -0.2) is 0 Å². The van der Waals surface area contributed by atoms with Crippen LogP contribution >= 0.6 is 11.8 Å². The van der Waals surface area contributed by atoms with Gasteiger partial charge in [0, 0.05) is 18.3 Å². The summed E-state index contributed by atoms with van der Waals surface area (Å²) < 4.78 is 5.57. The maximum atomic E-state index is 13.2. The number of thioether (sulfide) groups is 1. The number of hydrogen-bond donors (Lipinski definition) is 1. The number of nitrogens with one attached hydrogen (secondary N) is 1. The van der Waals surface area contributed by atoms with Crippen molar-refractivity contribution < 1.29 is 14.0 Å². The van der Waals surface area contributed by atoms with E-state index in [0.717, 1.165) is 44.4 Å². The summed E-state index contributed by atoms with van der Waals surface area (Å²) in [6, 6.07) is -0.513. The first kappa shape index (κ1) is 20.9. The molecular weight excluding hydrogens is 352 g/mol. The van der Waals surface area contributed by atoms with Gasteiger partial charge in [-0.15, -0.1) is 10.2 Å². The molecule has 1 atom stereocenters. The molecule has 1 aliphatic rings. The first-order valence-electron chi connectivity index (χ1n) is 9.26. The molecule has 0 spiro atoms. The molecule has 1 N–H and O–H groups in total. The lowest BCUT2D eigenvalue weighted by atomic mass is 9.81. The maximum Gasteiger partial charge on any atom is 0.286 e. The van der Waals surface area contributed by atoms with Crippen LogP contribution in [0.5, 0.6) is 0 Å². The minimum absolute atomic E-state index is 0.0143. The molecule has 0 radical (unpaired) electrons. The minimum Gasteiger partial charge on any atom is -0.408 e. The van der Waals surface area contributed by atoms with E-state index in [4.69, 9.17) is 4.42 Å². The Bertz CT molecular complexity index is 594. The molecule has 1 aromatic heterocycles. The SMILES string of the molecule is CNCCSc1nnc(C(=O)[C@@H](N(C=O)C2CCCCC2)C(C)(C)C)o1. The third kappa shape index (κ3) is 5.30. The van der Waals surface area contributed by atoms with Crippen molar-refractivity contribution in [3.05, 3.63) is 5.89 Å². The standard InChI is InChI=1S/C18H30N4O3S/c1-18(2,3)15(22(12-23)13-8-6-5-7-9-13)14(24)16-20-21-17(25-16)26-11-10-19-4/h12-13,15,19H,5-11H2,1-4H3/t15-/m1/s1. The Kier molecular flexibility index (Phi) is 7.64. The highest BCUT2D eigenvalue weighted by atomic mass is 32.2. The van der Waals surface area contributed by atoms with E-state index in [1.165, 1.54) is 18.2 Å². The topological polar surface area (TPSA) is 88.3 Å². The summed E-state index contributed by atoms with van der Waals surface area (Å²) >= 11 is 1.41. The Morgan fingerprint density at radius 3 is 2.62 bits per heavy atom. The molecule has 7 nitrogen and oxygen atoms in total. The Hall–Kier alpha value is -1.41. The fourth-order valence-corrected chi connectivity index (χ4v) is 4.16. The number of rotatable bonds is 9. The summed E-state index contributed by atoms with van der Waals surface area (Å²) in [6.07, 6.45) is 6.07. The van der Waals surface area contributed by atoms with Crippen molar-refractivity contribution in [2.75, 3.05) is 19.3 Å². The summed E-state index contributed by atoms with van der Waals surface area (Å²) in [6.45, 7) is 6.71. The molecule has 0 bridgehead atoms.